The number of hydrogen-bond acceptors (Lipinski definition) is 3. The molecule has 0 aromatic carbocycles. The second-order valence-corrected chi connectivity index (χ2v) is 4.64. The van der Waals surface area contributed by atoms with E-state index >= 15 is 0 Å². The maximum atomic E-state index is 12.8. The summed E-state index contributed by atoms with van der Waals surface area (Å²) in [6.07, 6.45) is 2.23. The molecule has 15 heavy (non-hydrogen) atoms. The molecule has 2 N–H and O–H groups in total. The maximum absolute atomic E-state index is 12.8. The van der Waals surface area contributed by atoms with Gasteiger partial charge in [0.1, 0.15) is 6.61 Å². The van der Waals surface area contributed by atoms with Crippen LogP contribution in [0.5, 0.6) is 0 Å². The number of piperidine rings is 3. The lowest BCUT2D eigenvalue weighted by atomic mass is 9.84. The predicted molar refractivity (Wildman–Crippen MR) is 53.0 cm³/mol. The Bertz CT molecular complexity index is 217. The molecule has 3 heterocycles. The molecule has 2 bridgehead atoms. The third-order valence-electron chi connectivity index (χ3n) is 3.51. The van der Waals surface area contributed by atoms with Gasteiger partial charge in [-0.3, -0.25) is 0 Å². The average molecular weight is 220 g/mol. The minimum Gasteiger partial charge on any atom is -0.390 e. The fourth-order valence-corrected chi connectivity index (χ4v) is 2.53. The van der Waals surface area contributed by atoms with Crippen LogP contribution in [0.15, 0.2) is 0 Å². The highest BCUT2D eigenvalue weighted by Gasteiger charge is 2.36. The molecule has 0 aliphatic carbocycles. The molecule has 1 unspecified atom stereocenters. The number of alkyl halides is 2. The third kappa shape index (κ3) is 2.65. The van der Waals surface area contributed by atoms with Crippen molar-refractivity contribution in [1.29, 1.82) is 0 Å². The molecule has 3 aliphatic heterocycles. The van der Waals surface area contributed by atoms with Crippen LogP contribution in [-0.4, -0.2) is 54.8 Å². The van der Waals surface area contributed by atoms with Crippen molar-refractivity contribution in [3.05, 3.63) is 0 Å². The highest BCUT2D eigenvalue weighted by Crippen LogP contribution is 2.27. The number of nitrogens with one attached hydrogen (secondary N) is 1. The van der Waals surface area contributed by atoms with Crippen LogP contribution in [-0.2, 0) is 0 Å². The van der Waals surface area contributed by atoms with Gasteiger partial charge in [-0.25, -0.2) is 8.78 Å². The SMILES string of the molecule is OCC(F)(F)CNC1CN2CCC1CC2. The van der Waals surface area contributed by atoms with E-state index in [9.17, 15) is 8.78 Å². The average Bonchev–Trinajstić information content (AvgIpc) is 2.28. The Labute approximate surface area is 88.4 Å². The minimum absolute atomic E-state index is 0.185. The normalized spacial score (nSPS) is 35.8. The molecule has 3 fully saturated rings. The molecule has 3 aliphatic rings. The summed E-state index contributed by atoms with van der Waals surface area (Å²) in [5.74, 6) is -2.43. The zero-order valence-electron chi connectivity index (χ0n) is 8.75. The van der Waals surface area contributed by atoms with E-state index in [2.05, 4.69) is 10.2 Å². The van der Waals surface area contributed by atoms with E-state index in [0.717, 1.165) is 32.5 Å². The molecule has 0 saturated carbocycles. The van der Waals surface area contributed by atoms with Crippen molar-refractivity contribution in [2.24, 2.45) is 5.92 Å². The molecule has 0 aromatic rings. The van der Waals surface area contributed by atoms with Crippen LogP contribution in [0.1, 0.15) is 12.8 Å². The lowest BCUT2D eigenvalue weighted by Crippen LogP contribution is -2.57. The quantitative estimate of drug-likeness (QED) is 0.715. The first-order chi connectivity index (χ1) is 7.11. The van der Waals surface area contributed by atoms with Gasteiger partial charge in [-0.15, -0.1) is 0 Å². The van der Waals surface area contributed by atoms with Crippen molar-refractivity contribution < 1.29 is 13.9 Å². The van der Waals surface area contributed by atoms with Crippen molar-refractivity contribution in [3.8, 4) is 0 Å². The molecule has 0 radical (unpaired) electrons. The van der Waals surface area contributed by atoms with Gasteiger partial charge in [0.2, 0.25) is 0 Å². The summed E-state index contributed by atoms with van der Waals surface area (Å²) in [6.45, 7) is 1.63. The topological polar surface area (TPSA) is 35.5 Å². The van der Waals surface area contributed by atoms with Gasteiger partial charge >= 0.3 is 0 Å². The van der Waals surface area contributed by atoms with E-state index in [0.29, 0.717) is 5.92 Å². The Hall–Kier alpha value is -0.260. The number of nitrogens with zero attached hydrogens (tertiary/aromatic N) is 1. The smallest absolute Gasteiger partial charge is 0.282 e. The van der Waals surface area contributed by atoms with Crippen molar-refractivity contribution in [2.45, 2.75) is 24.8 Å². The first-order valence-corrected chi connectivity index (χ1v) is 5.55. The van der Waals surface area contributed by atoms with Crippen LogP contribution in [0.2, 0.25) is 0 Å². The molecule has 3 nitrogen and oxygen atoms in total. The largest absolute Gasteiger partial charge is 0.390 e. The first kappa shape index (κ1) is 11.2. The number of halogens is 2. The fourth-order valence-electron chi connectivity index (χ4n) is 2.53. The fraction of sp³-hybridized carbons (Fsp3) is 1.00. The van der Waals surface area contributed by atoms with Crippen LogP contribution < -0.4 is 5.32 Å². The van der Waals surface area contributed by atoms with Crippen molar-refractivity contribution >= 4 is 0 Å². The molecule has 88 valence electrons. The van der Waals surface area contributed by atoms with Crippen LogP contribution in [0, 0.1) is 5.92 Å². The number of aliphatic hydroxyl groups is 1. The molecule has 3 rings (SSSR count). The van der Waals surface area contributed by atoms with E-state index in [1.54, 1.807) is 0 Å². The van der Waals surface area contributed by atoms with Crippen LogP contribution in [0.25, 0.3) is 0 Å². The molecule has 0 amide bonds. The Morgan fingerprint density at radius 1 is 1.33 bits per heavy atom. The van der Waals surface area contributed by atoms with Gasteiger partial charge in [-0.1, -0.05) is 0 Å². The Kier molecular flexibility index (Phi) is 3.23. The summed E-state index contributed by atoms with van der Waals surface area (Å²) in [6, 6.07) is 0.185. The first-order valence-electron chi connectivity index (χ1n) is 5.55. The molecular weight excluding hydrogens is 202 g/mol. The highest BCUT2D eigenvalue weighted by atomic mass is 19.3. The molecule has 0 spiro atoms. The molecule has 1 atom stereocenters. The van der Waals surface area contributed by atoms with Gasteiger partial charge in [0.25, 0.3) is 5.92 Å². The maximum Gasteiger partial charge on any atom is 0.282 e. The third-order valence-corrected chi connectivity index (χ3v) is 3.51. The van der Waals surface area contributed by atoms with Crippen LogP contribution >= 0.6 is 0 Å². The summed E-state index contributed by atoms with van der Waals surface area (Å²) in [5.41, 5.74) is 0. The second-order valence-electron chi connectivity index (χ2n) is 4.64. The number of fused-ring (bicyclic) bond motifs is 3. The molecule has 3 saturated heterocycles. The molecule has 5 heteroatoms. The van der Waals surface area contributed by atoms with E-state index < -0.39 is 19.1 Å². The lowest BCUT2D eigenvalue weighted by Gasteiger charge is -2.45. The number of rotatable bonds is 4. The van der Waals surface area contributed by atoms with Crippen molar-refractivity contribution in [2.75, 3.05) is 32.8 Å². The van der Waals surface area contributed by atoms with Gasteiger partial charge in [0, 0.05) is 12.6 Å². The predicted octanol–water partition coefficient (Wildman–Crippen LogP) is 0.298. The molecule has 0 aromatic heterocycles. The monoisotopic (exact) mass is 220 g/mol. The van der Waals surface area contributed by atoms with E-state index in [1.807, 2.05) is 0 Å². The zero-order valence-corrected chi connectivity index (χ0v) is 8.75. The Morgan fingerprint density at radius 3 is 2.47 bits per heavy atom. The Morgan fingerprint density at radius 2 is 2.00 bits per heavy atom. The summed E-state index contributed by atoms with van der Waals surface area (Å²) < 4.78 is 25.6. The van der Waals surface area contributed by atoms with Gasteiger partial charge in [0.05, 0.1) is 6.54 Å². The number of aliphatic hydroxyl groups excluding tert-OH is 1. The van der Waals surface area contributed by atoms with E-state index in [1.165, 1.54) is 0 Å². The van der Waals surface area contributed by atoms with E-state index in [-0.39, 0.29) is 6.04 Å². The van der Waals surface area contributed by atoms with Crippen molar-refractivity contribution in [1.82, 2.24) is 10.2 Å². The minimum atomic E-state index is -2.98. The van der Waals surface area contributed by atoms with E-state index in [4.69, 9.17) is 5.11 Å². The lowest BCUT2D eigenvalue weighted by molar-refractivity contribution is -0.0547. The summed E-state index contributed by atoms with van der Waals surface area (Å²) in [5, 5.41) is 11.3. The number of hydrogen-bond donors (Lipinski definition) is 2. The highest BCUT2D eigenvalue weighted by molar-refractivity contribution is 4.91. The summed E-state index contributed by atoms with van der Waals surface area (Å²) in [4.78, 5) is 2.31. The van der Waals surface area contributed by atoms with Gasteiger partial charge < -0.3 is 15.3 Å². The Balaban J connectivity index is 1.80. The zero-order chi connectivity index (χ0) is 10.9. The summed E-state index contributed by atoms with van der Waals surface area (Å²) in [7, 11) is 0. The second kappa shape index (κ2) is 4.31. The van der Waals surface area contributed by atoms with Gasteiger partial charge in [-0.2, -0.15) is 0 Å². The van der Waals surface area contributed by atoms with Crippen LogP contribution in [0.4, 0.5) is 8.78 Å². The van der Waals surface area contributed by atoms with Crippen LogP contribution in [0.3, 0.4) is 0 Å². The molecular formula is C10H18F2N2O. The van der Waals surface area contributed by atoms with Gasteiger partial charge in [0.15, 0.2) is 0 Å². The van der Waals surface area contributed by atoms with Crippen molar-refractivity contribution in [3.63, 3.8) is 0 Å². The standard InChI is InChI=1S/C10H18F2N2O/c11-10(12,7-15)6-13-9-5-14-3-1-8(9)2-4-14/h8-9,13,15H,1-7H2. The summed E-state index contributed by atoms with van der Waals surface area (Å²) >= 11 is 0. The van der Waals surface area contributed by atoms with Gasteiger partial charge in [-0.05, 0) is 31.8 Å².